The summed E-state index contributed by atoms with van der Waals surface area (Å²) < 4.78 is 40.1. The van der Waals surface area contributed by atoms with Crippen molar-refractivity contribution in [3.63, 3.8) is 0 Å². The van der Waals surface area contributed by atoms with Crippen LogP contribution < -0.4 is 10.5 Å². The van der Waals surface area contributed by atoms with Gasteiger partial charge < -0.3 is 5.73 Å². The maximum atomic E-state index is 13.1. The summed E-state index contributed by atoms with van der Waals surface area (Å²) in [7, 11) is -3.72. The van der Waals surface area contributed by atoms with Gasteiger partial charge in [-0.3, -0.25) is 0 Å². The van der Waals surface area contributed by atoms with E-state index < -0.39 is 15.8 Å². The van der Waals surface area contributed by atoms with Crippen LogP contribution in [0.4, 0.5) is 10.1 Å². The Bertz CT molecular complexity index is 725. The van der Waals surface area contributed by atoms with Crippen LogP contribution in [-0.4, -0.2) is 15.0 Å². The van der Waals surface area contributed by atoms with E-state index in [0.717, 1.165) is 17.0 Å². The third-order valence-corrected chi connectivity index (χ3v) is 5.80. The maximum absolute atomic E-state index is 13.1. The molecule has 1 heterocycles. The number of thiophene rings is 1. The molecule has 0 fully saturated rings. The zero-order valence-corrected chi connectivity index (χ0v) is 13.4. The Morgan fingerprint density at radius 2 is 2.05 bits per heavy atom. The lowest BCUT2D eigenvalue weighted by atomic mass is 9.92. The summed E-state index contributed by atoms with van der Waals surface area (Å²) in [5, 5.41) is 1.95. The predicted octanol–water partition coefficient (Wildman–Crippen LogP) is 2.73. The number of halogens is 1. The fraction of sp³-hybridized carbons (Fsp3) is 0.286. The van der Waals surface area contributed by atoms with Crippen LogP contribution in [0.1, 0.15) is 18.7 Å². The summed E-state index contributed by atoms with van der Waals surface area (Å²) in [6, 6.07) is 7.27. The summed E-state index contributed by atoms with van der Waals surface area (Å²) >= 11 is 1.58. The molecular weight excluding hydrogens is 311 g/mol. The van der Waals surface area contributed by atoms with E-state index in [0.29, 0.717) is 0 Å². The van der Waals surface area contributed by atoms with Crippen molar-refractivity contribution in [2.75, 3.05) is 12.3 Å². The molecule has 1 aromatic heterocycles. The fourth-order valence-electron chi connectivity index (χ4n) is 1.80. The standard InChI is InChI=1S/C14H17FN2O2S2/c1-14(2,13-4-3-7-20-13)9-17-21(18,19)10-5-6-11(15)12(16)8-10/h3-8,17H,9,16H2,1-2H3. The minimum Gasteiger partial charge on any atom is -0.396 e. The number of nitrogens with one attached hydrogen (secondary N) is 1. The van der Waals surface area contributed by atoms with Crippen molar-refractivity contribution in [1.29, 1.82) is 0 Å². The number of benzene rings is 1. The van der Waals surface area contributed by atoms with Crippen molar-refractivity contribution in [3.05, 3.63) is 46.4 Å². The molecule has 3 N–H and O–H groups in total. The first-order chi connectivity index (χ1) is 9.72. The minimum absolute atomic E-state index is 0.0385. The minimum atomic E-state index is -3.72. The van der Waals surface area contributed by atoms with E-state index in [4.69, 9.17) is 5.73 Å². The molecule has 21 heavy (non-hydrogen) atoms. The van der Waals surface area contributed by atoms with Crippen LogP contribution in [0, 0.1) is 5.82 Å². The number of sulfonamides is 1. The molecule has 7 heteroatoms. The van der Waals surface area contributed by atoms with Gasteiger partial charge in [-0.15, -0.1) is 11.3 Å². The number of rotatable bonds is 5. The normalized spacial score (nSPS) is 12.5. The Balaban J connectivity index is 2.16. The summed E-state index contributed by atoms with van der Waals surface area (Å²) in [6.45, 7) is 4.16. The van der Waals surface area contributed by atoms with Crippen molar-refractivity contribution < 1.29 is 12.8 Å². The van der Waals surface area contributed by atoms with Gasteiger partial charge in [-0.05, 0) is 29.6 Å². The topological polar surface area (TPSA) is 72.2 Å². The summed E-state index contributed by atoms with van der Waals surface area (Å²) in [5.74, 6) is -0.632. The van der Waals surface area contributed by atoms with Gasteiger partial charge in [0.15, 0.2) is 0 Å². The van der Waals surface area contributed by atoms with Crippen molar-refractivity contribution in [2.24, 2.45) is 0 Å². The molecule has 1 aromatic carbocycles. The molecule has 0 saturated carbocycles. The SMILES string of the molecule is CC(C)(CNS(=O)(=O)c1ccc(F)c(N)c1)c1cccs1. The highest BCUT2D eigenvalue weighted by Crippen LogP contribution is 2.27. The first kappa shape index (κ1) is 15.9. The molecule has 0 atom stereocenters. The lowest BCUT2D eigenvalue weighted by Crippen LogP contribution is -2.36. The third-order valence-electron chi connectivity index (χ3n) is 3.17. The van der Waals surface area contributed by atoms with Crippen molar-refractivity contribution >= 4 is 27.0 Å². The highest BCUT2D eigenvalue weighted by Gasteiger charge is 2.25. The lowest BCUT2D eigenvalue weighted by Gasteiger charge is -2.23. The van der Waals surface area contributed by atoms with E-state index in [1.54, 1.807) is 11.3 Å². The molecule has 0 aliphatic rings. The van der Waals surface area contributed by atoms with Gasteiger partial charge in [-0.25, -0.2) is 17.5 Å². The van der Waals surface area contributed by atoms with Crippen LogP contribution in [0.3, 0.4) is 0 Å². The van der Waals surface area contributed by atoms with E-state index in [-0.39, 0.29) is 22.5 Å². The van der Waals surface area contributed by atoms with Crippen LogP contribution in [0.25, 0.3) is 0 Å². The molecule has 0 bridgehead atoms. The van der Waals surface area contributed by atoms with Gasteiger partial charge in [-0.1, -0.05) is 19.9 Å². The second-order valence-corrected chi connectivity index (χ2v) is 8.08. The molecule has 0 aliphatic carbocycles. The summed E-state index contributed by atoms with van der Waals surface area (Å²) in [6.07, 6.45) is 0. The monoisotopic (exact) mass is 328 g/mol. The highest BCUT2D eigenvalue weighted by atomic mass is 32.2. The Morgan fingerprint density at radius 1 is 1.33 bits per heavy atom. The van der Waals surface area contributed by atoms with Crippen molar-refractivity contribution in [2.45, 2.75) is 24.2 Å². The highest BCUT2D eigenvalue weighted by molar-refractivity contribution is 7.89. The third kappa shape index (κ3) is 3.61. The average molecular weight is 328 g/mol. The molecule has 0 unspecified atom stereocenters. The van der Waals surface area contributed by atoms with Crippen molar-refractivity contribution in [1.82, 2.24) is 4.72 Å². The number of nitrogens with two attached hydrogens (primary N) is 1. The van der Waals surface area contributed by atoms with Gasteiger partial charge in [-0.2, -0.15) is 0 Å². The fourth-order valence-corrected chi connectivity index (χ4v) is 3.90. The first-order valence-electron chi connectivity index (χ1n) is 6.31. The van der Waals surface area contributed by atoms with Crippen molar-refractivity contribution in [3.8, 4) is 0 Å². The van der Waals surface area contributed by atoms with E-state index in [9.17, 15) is 12.8 Å². The van der Waals surface area contributed by atoms with Gasteiger partial charge in [0.1, 0.15) is 5.82 Å². The van der Waals surface area contributed by atoms with E-state index >= 15 is 0 Å². The zero-order valence-electron chi connectivity index (χ0n) is 11.8. The molecule has 0 saturated heterocycles. The van der Waals surface area contributed by atoms with E-state index in [1.807, 2.05) is 31.4 Å². The van der Waals surface area contributed by atoms with Crippen LogP contribution in [0.5, 0.6) is 0 Å². The molecule has 114 valence electrons. The maximum Gasteiger partial charge on any atom is 0.240 e. The number of hydrogen-bond acceptors (Lipinski definition) is 4. The Hall–Kier alpha value is -1.44. The molecule has 0 spiro atoms. The van der Waals surface area contributed by atoms with Gasteiger partial charge in [0.25, 0.3) is 0 Å². The van der Waals surface area contributed by atoms with Crippen LogP contribution in [0.15, 0.2) is 40.6 Å². The Labute approximate surface area is 127 Å². The number of anilines is 1. The molecule has 0 amide bonds. The second-order valence-electron chi connectivity index (χ2n) is 5.37. The number of hydrogen-bond donors (Lipinski definition) is 2. The smallest absolute Gasteiger partial charge is 0.240 e. The van der Waals surface area contributed by atoms with Crippen LogP contribution >= 0.6 is 11.3 Å². The van der Waals surface area contributed by atoms with Gasteiger partial charge in [0, 0.05) is 16.8 Å². The zero-order chi connectivity index (χ0) is 15.7. The lowest BCUT2D eigenvalue weighted by molar-refractivity contribution is 0.509. The van der Waals surface area contributed by atoms with E-state index in [2.05, 4.69) is 4.72 Å². The average Bonchev–Trinajstić information content (AvgIpc) is 2.94. The number of nitrogen functional groups attached to an aromatic ring is 1. The molecule has 4 nitrogen and oxygen atoms in total. The van der Waals surface area contributed by atoms with Gasteiger partial charge in [0.05, 0.1) is 10.6 Å². The van der Waals surface area contributed by atoms with E-state index in [1.165, 1.54) is 6.07 Å². The van der Waals surface area contributed by atoms with Crippen LogP contribution in [0.2, 0.25) is 0 Å². The summed E-state index contributed by atoms with van der Waals surface area (Å²) in [4.78, 5) is 1.05. The molecule has 2 rings (SSSR count). The largest absolute Gasteiger partial charge is 0.396 e. The Kier molecular flexibility index (Phi) is 4.36. The molecule has 0 radical (unpaired) electrons. The molecular formula is C14H17FN2O2S2. The Morgan fingerprint density at radius 3 is 2.62 bits per heavy atom. The quantitative estimate of drug-likeness (QED) is 0.829. The summed E-state index contributed by atoms with van der Waals surface area (Å²) in [5.41, 5.74) is 4.90. The van der Waals surface area contributed by atoms with Gasteiger partial charge >= 0.3 is 0 Å². The second kappa shape index (κ2) is 5.75. The van der Waals surface area contributed by atoms with Gasteiger partial charge in [0.2, 0.25) is 10.0 Å². The molecule has 2 aromatic rings. The first-order valence-corrected chi connectivity index (χ1v) is 8.67. The van der Waals surface area contributed by atoms with Crippen LogP contribution in [-0.2, 0) is 15.4 Å². The predicted molar refractivity (Wildman–Crippen MR) is 83.3 cm³/mol. The molecule has 0 aliphatic heterocycles.